The summed E-state index contributed by atoms with van der Waals surface area (Å²) >= 11 is 0. The lowest BCUT2D eigenvalue weighted by atomic mass is 9.93. The van der Waals surface area contributed by atoms with Crippen molar-refractivity contribution < 1.29 is 0 Å². The van der Waals surface area contributed by atoms with Gasteiger partial charge in [-0.25, -0.2) is 4.98 Å². The highest BCUT2D eigenvalue weighted by Crippen LogP contribution is 2.24. The fourth-order valence-electron chi connectivity index (χ4n) is 2.03. The number of nitrogens with one attached hydrogen (secondary N) is 1. The van der Waals surface area contributed by atoms with E-state index in [-0.39, 0.29) is 5.41 Å². The molecule has 84 valence electrons. The molecular weight excluding hydrogens is 186 g/mol. The Labute approximate surface area is 91.9 Å². The number of hydrogen-bond acceptors (Lipinski definition) is 2. The van der Waals surface area contributed by atoms with E-state index < -0.39 is 0 Å². The third-order valence-corrected chi connectivity index (χ3v) is 3.10. The molecule has 0 spiro atoms. The topological polar surface area (TPSA) is 29.9 Å². The molecule has 0 atom stereocenters. The van der Waals surface area contributed by atoms with Gasteiger partial charge in [-0.1, -0.05) is 20.8 Å². The minimum Gasteiger partial charge on any atom is -0.334 e. The number of hydrogen-bond donors (Lipinski definition) is 1. The maximum Gasteiger partial charge on any atom is 0.0952 e. The quantitative estimate of drug-likeness (QED) is 0.764. The van der Waals surface area contributed by atoms with Crippen molar-refractivity contribution in [2.75, 3.05) is 13.1 Å². The second-order valence-electron chi connectivity index (χ2n) is 5.44. The minimum absolute atomic E-state index is 0.165. The summed E-state index contributed by atoms with van der Waals surface area (Å²) in [7, 11) is 0. The maximum atomic E-state index is 4.51. The van der Waals surface area contributed by atoms with E-state index in [2.05, 4.69) is 41.8 Å². The first-order chi connectivity index (χ1) is 7.07. The summed E-state index contributed by atoms with van der Waals surface area (Å²) in [4.78, 5) is 4.51. The molecule has 1 aliphatic rings. The molecule has 0 radical (unpaired) electrons. The number of imidazole rings is 1. The van der Waals surface area contributed by atoms with Gasteiger partial charge in [-0.05, 0) is 25.9 Å². The first-order valence-corrected chi connectivity index (χ1v) is 5.82. The van der Waals surface area contributed by atoms with E-state index in [1.54, 1.807) is 0 Å². The summed E-state index contributed by atoms with van der Waals surface area (Å²) in [5, 5.41) is 3.39. The number of piperidine rings is 1. The molecule has 1 N–H and O–H groups in total. The van der Waals surface area contributed by atoms with Crippen molar-refractivity contribution in [1.82, 2.24) is 14.9 Å². The second kappa shape index (κ2) is 3.97. The SMILES string of the molecule is CC(C)(C)c1cn(C2CCNCC2)cn1. The van der Waals surface area contributed by atoms with Gasteiger partial charge in [0, 0.05) is 17.7 Å². The van der Waals surface area contributed by atoms with Gasteiger partial charge < -0.3 is 9.88 Å². The largest absolute Gasteiger partial charge is 0.334 e. The van der Waals surface area contributed by atoms with Crippen molar-refractivity contribution in [1.29, 1.82) is 0 Å². The van der Waals surface area contributed by atoms with Gasteiger partial charge in [0.1, 0.15) is 0 Å². The molecule has 0 aromatic carbocycles. The molecule has 0 unspecified atom stereocenters. The van der Waals surface area contributed by atoms with Gasteiger partial charge in [0.15, 0.2) is 0 Å². The predicted molar refractivity (Wildman–Crippen MR) is 62.1 cm³/mol. The Kier molecular flexibility index (Phi) is 2.83. The van der Waals surface area contributed by atoms with Crippen LogP contribution in [0.15, 0.2) is 12.5 Å². The lowest BCUT2D eigenvalue weighted by Crippen LogP contribution is -2.29. The van der Waals surface area contributed by atoms with Gasteiger partial charge in [-0.15, -0.1) is 0 Å². The van der Waals surface area contributed by atoms with E-state index in [1.165, 1.54) is 18.5 Å². The van der Waals surface area contributed by atoms with Crippen LogP contribution in [0.5, 0.6) is 0 Å². The van der Waals surface area contributed by atoms with Crippen LogP contribution in [0.3, 0.4) is 0 Å². The van der Waals surface area contributed by atoms with Crippen LogP contribution < -0.4 is 5.32 Å². The van der Waals surface area contributed by atoms with Crippen molar-refractivity contribution in [3.05, 3.63) is 18.2 Å². The van der Waals surface area contributed by atoms with Crippen LogP contribution >= 0.6 is 0 Å². The van der Waals surface area contributed by atoms with Crippen LogP contribution in [-0.2, 0) is 5.41 Å². The zero-order valence-electron chi connectivity index (χ0n) is 9.95. The smallest absolute Gasteiger partial charge is 0.0952 e. The average molecular weight is 207 g/mol. The Hall–Kier alpha value is -0.830. The molecule has 1 fully saturated rings. The van der Waals surface area contributed by atoms with Crippen molar-refractivity contribution in [2.24, 2.45) is 0 Å². The monoisotopic (exact) mass is 207 g/mol. The number of nitrogens with zero attached hydrogens (tertiary/aromatic N) is 2. The highest BCUT2D eigenvalue weighted by Gasteiger charge is 2.20. The highest BCUT2D eigenvalue weighted by atomic mass is 15.1. The predicted octanol–water partition coefficient (Wildman–Crippen LogP) is 2.11. The average Bonchev–Trinajstić information content (AvgIpc) is 2.67. The molecule has 3 heteroatoms. The van der Waals surface area contributed by atoms with E-state index in [4.69, 9.17) is 0 Å². The molecule has 1 saturated heterocycles. The molecular formula is C12H21N3. The van der Waals surface area contributed by atoms with Crippen molar-refractivity contribution in [3.63, 3.8) is 0 Å². The third kappa shape index (κ3) is 2.40. The first kappa shape index (κ1) is 10.7. The molecule has 2 rings (SSSR count). The zero-order chi connectivity index (χ0) is 10.9. The fourth-order valence-corrected chi connectivity index (χ4v) is 2.03. The summed E-state index contributed by atoms with van der Waals surface area (Å²) in [6, 6.07) is 0.648. The zero-order valence-corrected chi connectivity index (χ0v) is 9.95. The van der Waals surface area contributed by atoms with E-state index in [0.717, 1.165) is 13.1 Å². The summed E-state index contributed by atoms with van der Waals surface area (Å²) in [6.07, 6.45) is 6.66. The van der Waals surface area contributed by atoms with Crippen LogP contribution in [-0.4, -0.2) is 22.6 Å². The first-order valence-electron chi connectivity index (χ1n) is 5.82. The molecule has 15 heavy (non-hydrogen) atoms. The van der Waals surface area contributed by atoms with Gasteiger partial charge in [0.25, 0.3) is 0 Å². The van der Waals surface area contributed by atoms with Crippen LogP contribution in [0.4, 0.5) is 0 Å². The van der Waals surface area contributed by atoms with Gasteiger partial charge in [0.05, 0.1) is 12.0 Å². The van der Waals surface area contributed by atoms with Crippen molar-refractivity contribution >= 4 is 0 Å². The lowest BCUT2D eigenvalue weighted by Gasteiger charge is -2.23. The van der Waals surface area contributed by atoms with Gasteiger partial charge in [0.2, 0.25) is 0 Å². The Balaban J connectivity index is 2.12. The molecule has 1 aromatic heterocycles. The van der Waals surface area contributed by atoms with E-state index >= 15 is 0 Å². The summed E-state index contributed by atoms with van der Waals surface area (Å²) in [5.74, 6) is 0. The summed E-state index contributed by atoms with van der Waals surface area (Å²) in [5.41, 5.74) is 1.36. The van der Waals surface area contributed by atoms with E-state index in [9.17, 15) is 0 Å². The molecule has 1 aromatic rings. The van der Waals surface area contributed by atoms with Gasteiger partial charge >= 0.3 is 0 Å². The minimum atomic E-state index is 0.165. The maximum absolute atomic E-state index is 4.51. The fraction of sp³-hybridized carbons (Fsp3) is 0.750. The normalized spacial score (nSPS) is 19.4. The lowest BCUT2D eigenvalue weighted by molar-refractivity contribution is 0.367. The highest BCUT2D eigenvalue weighted by molar-refractivity contribution is 5.09. The second-order valence-corrected chi connectivity index (χ2v) is 5.44. The van der Waals surface area contributed by atoms with Crippen molar-refractivity contribution in [2.45, 2.75) is 45.1 Å². The Morgan fingerprint density at radius 1 is 1.33 bits per heavy atom. The van der Waals surface area contributed by atoms with Gasteiger partial charge in [-0.2, -0.15) is 0 Å². The standard InChI is InChI=1S/C12H21N3/c1-12(2,3)11-8-15(9-14-11)10-4-6-13-7-5-10/h8-10,13H,4-7H2,1-3H3. The molecule has 0 aliphatic carbocycles. The van der Waals surface area contributed by atoms with Crippen molar-refractivity contribution in [3.8, 4) is 0 Å². The summed E-state index contributed by atoms with van der Waals surface area (Å²) in [6.45, 7) is 8.90. The number of rotatable bonds is 1. The van der Waals surface area contributed by atoms with E-state index in [1.807, 2.05) is 6.33 Å². The summed E-state index contributed by atoms with van der Waals surface area (Å²) < 4.78 is 2.29. The molecule has 0 bridgehead atoms. The number of aromatic nitrogens is 2. The van der Waals surface area contributed by atoms with Crippen LogP contribution in [0, 0.1) is 0 Å². The molecule has 0 saturated carbocycles. The molecule has 0 amide bonds. The van der Waals surface area contributed by atoms with Crippen LogP contribution in [0.1, 0.15) is 45.3 Å². The molecule has 3 nitrogen and oxygen atoms in total. The Morgan fingerprint density at radius 3 is 2.53 bits per heavy atom. The van der Waals surface area contributed by atoms with E-state index in [0.29, 0.717) is 6.04 Å². The Morgan fingerprint density at radius 2 is 2.00 bits per heavy atom. The Bertz CT molecular complexity index is 316. The van der Waals surface area contributed by atoms with Gasteiger partial charge in [-0.3, -0.25) is 0 Å². The molecule has 1 aliphatic heterocycles. The third-order valence-electron chi connectivity index (χ3n) is 3.10. The van der Waals surface area contributed by atoms with Crippen LogP contribution in [0.2, 0.25) is 0 Å². The van der Waals surface area contributed by atoms with Crippen LogP contribution in [0.25, 0.3) is 0 Å². The molecule has 2 heterocycles.